The maximum absolute atomic E-state index is 12.8. The van der Waals surface area contributed by atoms with Crippen molar-refractivity contribution in [2.45, 2.75) is 104 Å². The molecule has 0 saturated carbocycles. The van der Waals surface area contributed by atoms with Crippen molar-refractivity contribution >= 4 is 24.1 Å². The molecule has 6 heteroatoms. The lowest BCUT2D eigenvalue weighted by Gasteiger charge is -2.12. The van der Waals surface area contributed by atoms with Crippen LogP contribution in [0.4, 0.5) is 0 Å². The summed E-state index contributed by atoms with van der Waals surface area (Å²) >= 11 is 0. The first kappa shape index (κ1) is 36.6. The third-order valence-electron chi connectivity index (χ3n) is 7.77. The van der Waals surface area contributed by atoms with Gasteiger partial charge in [-0.1, -0.05) is 108 Å². The van der Waals surface area contributed by atoms with Gasteiger partial charge < -0.3 is 18.9 Å². The lowest BCUT2D eigenvalue weighted by atomic mass is 10.1. The van der Waals surface area contributed by atoms with E-state index in [9.17, 15) is 9.59 Å². The van der Waals surface area contributed by atoms with Gasteiger partial charge in [0.1, 0.15) is 17.2 Å². The van der Waals surface area contributed by atoms with Crippen LogP contribution in [0.2, 0.25) is 0 Å². The molecule has 248 valence electrons. The van der Waals surface area contributed by atoms with Gasteiger partial charge >= 0.3 is 11.9 Å². The number of benzene rings is 3. The molecule has 0 saturated heterocycles. The fourth-order valence-electron chi connectivity index (χ4n) is 4.89. The van der Waals surface area contributed by atoms with Crippen molar-refractivity contribution in [2.24, 2.45) is 0 Å². The fraction of sp³-hybridized carbons (Fsp3) is 0.450. The van der Waals surface area contributed by atoms with E-state index in [4.69, 9.17) is 18.9 Å². The van der Waals surface area contributed by atoms with Crippen LogP contribution in [0, 0.1) is 6.92 Å². The van der Waals surface area contributed by atoms with Crippen molar-refractivity contribution in [1.29, 1.82) is 0 Å². The minimum Gasteiger partial charge on any atom is -0.493 e. The van der Waals surface area contributed by atoms with Crippen LogP contribution in [0.1, 0.15) is 118 Å². The van der Waals surface area contributed by atoms with E-state index in [1.54, 1.807) is 37.3 Å². The molecule has 0 N–H and O–H groups in total. The zero-order valence-corrected chi connectivity index (χ0v) is 28.2. The Balaban J connectivity index is 1.41. The van der Waals surface area contributed by atoms with Crippen LogP contribution in [-0.2, 0) is 9.53 Å². The smallest absolute Gasteiger partial charge is 0.343 e. The van der Waals surface area contributed by atoms with E-state index >= 15 is 0 Å². The topological polar surface area (TPSA) is 71.1 Å². The van der Waals surface area contributed by atoms with Crippen LogP contribution in [0.5, 0.6) is 17.2 Å². The predicted octanol–water partition coefficient (Wildman–Crippen LogP) is 10.4. The molecule has 0 aliphatic heterocycles. The summed E-state index contributed by atoms with van der Waals surface area (Å²) in [6.45, 7) is 9.34. The fourth-order valence-corrected chi connectivity index (χ4v) is 4.89. The molecular weight excluding hydrogens is 576 g/mol. The first-order chi connectivity index (χ1) is 22.4. The first-order valence-corrected chi connectivity index (χ1v) is 17.1. The van der Waals surface area contributed by atoms with Gasteiger partial charge in [-0.3, -0.25) is 0 Å². The summed E-state index contributed by atoms with van der Waals surface area (Å²) in [4.78, 5) is 25.1. The number of carbonyl (C=O) groups excluding carboxylic acids is 2. The van der Waals surface area contributed by atoms with Crippen LogP contribution >= 0.6 is 0 Å². The number of rotatable bonds is 21. The SMILES string of the molecule is CCCCCCCCOc1ccc(C(=O)Oc2ccc(/C=C/c3ccc(OC(=O)C(C)OCCCCCCC)cc3)cc2)cc1C. The Morgan fingerprint density at radius 3 is 1.74 bits per heavy atom. The number of esters is 2. The molecule has 0 bridgehead atoms. The summed E-state index contributed by atoms with van der Waals surface area (Å²) in [6.07, 6.45) is 16.4. The van der Waals surface area contributed by atoms with Crippen molar-refractivity contribution in [3.63, 3.8) is 0 Å². The van der Waals surface area contributed by atoms with E-state index in [1.807, 2.05) is 55.5 Å². The molecule has 0 heterocycles. The number of carbonyl (C=O) groups is 2. The minimum atomic E-state index is -0.600. The van der Waals surface area contributed by atoms with Gasteiger partial charge in [0.15, 0.2) is 6.10 Å². The molecule has 0 fully saturated rings. The van der Waals surface area contributed by atoms with Gasteiger partial charge in [0.2, 0.25) is 0 Å². The third-order valence-corrected chi connectivity index (χ3v) is 7.77. The van der Waals surface area contributed by atoms with Crippen LogP contribution in [0.25, 0.3) is 12.2 Å². The van der Waals surface area contributed by atoms with E-state index in [0.29, 0.717) is 30.3 Å². The summed E-state index contributed by atoms with van der Waals surface area (Å²) < 4.78 is 22.7. The molecule has 3 rings (SSSR count). The molecular formula is C40H52O6. The quantitative estimate of drug-likeness (QED) is 0.0506. The maximum Gasteiger partial charge on any atom is 0.343 e. The van der Waals surface area contributed by atoms with Crippen molar-refractivity contribution in [2.75, 3.05) is 13.2 Å². The highest BCUT2D eigenvalue weighted by molar-refractivity contribution is 5.91. The zero-order chi connectivity index (χ0) is 33.0. The molecule has 3 aromatic carbocycles. The van der Waals surface area contributed by atoms with Gasteiger partial charge in [0.05, 0.1) is 12.2 Å². The minimum absolute atomic E-state index is 0.391. The van der Waals surface area contributed by atoms with Gasteiger partial charge in [-0.25, -0.2) is 9.59 Å². The van der Waals surface area contributed by atoms with Gasteiger partial charge in [0, 0.05) is 6.61 Å². The van der Waals surface area contributed by atoms with Gasteiger partial charge in [-0.2, -0.15) is 0 Å². The molecule has 0 amide bonds. The van der Waals surface area contributed by atoms with Gasteiger partial charge in [-0.05, 0) is 85.8 Å². The highest BCUT2D eigenvalue weighted by atomic mass is 16.6. The summed E-state index contributed by atoms with van der Waals surface area (Å²) in [5, 5.41) is 0. The Morgan fingerprint density at radius 1 is 0.652 bits per heavy atom. The second-order valence-corrected chi connectivity index (χ2v) is 11.8. The maximum atomic E-state index is 12.8. The molecule has 0 aromatic heterocycles. The summed E-state index contributed by atoms with van der Waals surface area (Å²) in [5.41, 5.74) is 3.32. The van der Waals surface area contributed by atoms with E-state index in [-0.39, 0.29) is 0 Å². The number of unbranched alkanes of at least 4 members (excludes halogenated alkanes) is 9. The number of aryl methyl sites for hydroxylation is 1. The van der Waals surface area contributed by atoms with Crippen LogP contribution in [0.3, 0.4) is 0 Å². The standard InChI is InChI=1S/C40H52O6/c1-5-7-9-11-13-15-29-44-38-27-22-35(30-31(38)3)40(42)46-37-25-20-34(21-26-37)17-16-33-18-23-36(24-19-33)45-39(41)32(4)43-28-14-12-10-8-6-2/h16-27,30,32H,5-15,28-29H2,1-4H3/b17-16+. The second kappa shape index (κ2) is 21.0. The second-order valence-electron chi connectivity index (χ2n) is 11.8. The predicted molar refractivity (Wildman–Crippen MR) is 187 cm³/mol. The number of hydrogen-bond acceptors (Lipinski definition) is 6. The highest BCUT2D eigenvalue weighted by Crippen LogP contribution is 2.22. The first-order valence-electron chi connectivity index (χ1n) is 17.1. The van der Waals surface area contributed by atoms with E-state index in [0.717, 1.165) is 41.7 Å². The number of ether oxygens (including phenoxy) is 4. The molecule has 1 atom stereocenters. The highest BCUT2D eigenvalue weighted by Gasteiger charge is 2.16. The zero-order valence-electron chi connectivity index (χ0n) is 28.2. The molecule has 0 aliphatic carbocycles. The van der Waals surface area contributed by atoms with Crippen molar-refractivity contribution in [1.82, 2.24) is 0 Å². The molecule has 3 aromatic rings. The van der Waals surface area contributed by atoms with Gasteiger partial charge in [-0.15, -0.1) is 0 Å². The largest absolute Gasteiger partial charge is 0.493 e. The lowest BCUT2D eigenvalue weighted by Crippen LogP contribution is -2.26. The number of hydrogen-bond donors (Lipinski definition) is 0. The van der Waals surface area contributed by atoms with Crippen LogP contribution in [0.15, 0.2) is 66.7 Å². The van der Waals surface area contributed by atoms with Crippen LogP contribution in [-0.4, -0.2) is 31.3 Å². The lowest BCUT2D eigenvalue weighted by molar-refractivity contribution is -0.146. The van der Waals surface area contributed by atoms with Crippen molar-refractivity contribution < 1.29 is 28.5 Å². The van der Waals surface area contributed by atoms with E-state index in [2.05, 4.69) is 13.8 Å². The third kappa shape index (κ3) is 13.6. The molecule has 0 aliphatic rings. The molecule has 6 nitrogen and oxygen atoms in total. The normalized spacial score (nSPS) is 11.8. The Morgan fingerprint density at radius 2 is 1.17 bits per heavy atom. The summed E-state index contributed by atoms with van der Waals surface area (Å²) in [5.74, 6) is 0.969. The summed E-state index contributed by atoms with van der Waals surface area (Å²) in [6, 6.07) is 20.1. The summed E-state index contributed by atoms with van der Waals surface area (Å²) in [7, 11) is 0. The Hall–Kier alpha value is -3.90. The molecule has 46 heavy (non-hydrogen) atoms. The van der Waals surface area contributed by atoms with Crippen molar-refractivity contribution in [3.05, 3.63) is 89.0 Å². The average molecular weight is 629 g/mol. The monoisotopic (exact) mass is 628 g/mol. The molecule has 1 unspecified atom stereocenters. The Labute approximate surface area is 276 Å². The van der Waals surface area contributed by atoms with Crippen LogP contribution < -0.4 is 14.2 Å². The van der Waals surface area contributed by atoms with Gasteiger partial charge in [0.25, 0.3) is 0 Å². The average Bonchev–Trinajstić information content (AvgIpc) is 3.06. The Kier molecular flexibility index (Phi) is 16.7. The van der Waals surface area contributed by atoms with E-state index in [1.165, 1.54) is 51.4 Å². The molecule has 0 radical (unpaired) electrons. The van der Waals surface area contributed by atoms with E-state index < -0.39 is 18.0 Å². The molecule has 0 spiro atoms. The Bertz CT molecular complexity index is 1340. The van der Waals surface area contributed by atoms with Crippen molar-refractivity contribution in [3.8, 4) is 17.2 Å².